The Morgan fingerprint density at radius 1 is 0.935 bits per heavy atom. The van der Waals surface area contributed by atoms with E-state index in [1.54, 1.807) is 11.0 Å². The van der Waals surface area contributed by atoms with Gasteiger partial charge in [0.05, 0.1) is 34.5 Å². The van der Waals surface area contributed by atoms with Gasteiger partial charge in [0.1, 0.15) is 35.1 Å². The molecule has 0 spiro atoms. The summed E-state index contributed by atoms with van der Waals surface area (Å²) in [6.45, 7) is 17.6. The zero-order chi connectivity index (χ0) is 33.7. The van der Waals surface area contributed by atoms with E-state index in [4.69, 9.17) is 4.74 Å². The van der Waals surface area contributed by atoms with E-state index < -0.39 is 29.0 Å². The first-order valence-electron chi connectivity index (χ1n) is 15.6. The van der Waals surface area contributed by atoms with Crippen LogP contribution in [0.3, 0.4) is 0 Å². The van der Waals surface area contributed by atoms with Crippen LogP contribution in [0.4, 0.5) is 19.4 Å². The van der Waals surface area contributed by atoms with E-state index in [-0.39, 0.29) is 52.0 Å². The molecular weight excluding hydrogens is 592 g/mol. The molecule has 0 aliphatic carbocycles. The molecule has 0 saturated carbocycles. The number of benzene rings is 1. The maximum absolute atomic E-state index is 16.0. The second kappa shape index (κ2) is 12.4. The number of amides is 1. The molecule has 3 aromatic heterocycles. The maximum Gasteiger partial charge on any atom is 0.410 e. The second-order valence-corrected chi connectivity index (χ2v) is 13.5. The molecule has 1 fully saturated rings. The summed E-state index contributed by atoms with van der Waals surface area (Å²) in [5, 5.41) is 0.260. The van der Waals surface area contributed by atoms with Crippen LogP contribution in [-0.2, 0) is 4.74 Å². The van der Waals surface area contributed by atoms with Gasteiger partial charge in [-0.15, -0.1) is 0 Å². The quantitative estimate of drug-likeness (QED) is 0.242. The number of carbonyl (C=O) groups excluding carboxylic acids is 1. The molecule has 10 nitrogen and oxygen atoms in total. The van der Waals surface area contributed by atoms with Crippen molar-refractivity contribution in [1.82, 2.24) is 29.4 Å². The zero-order valence-corrected chi connectivity index (χ0v) is 27.8. The van der Waals surface area contributed by atoms with E-state index in [2.05, 4.69) is 19.9 Å². The Morgan fingerprint density at radius 2 is 1.52 bits per heavy atom. The molecule has 46 heavy (non-hydrogen) atoms. The van der Waals surface area contributed by atoms with Gasteiger partial charge in [-0.25, -0.2) is 37.9 Å². The highest BCUT2D eigenvalue weighted by Gasteiger charge is 2.37. The lowest BCUT2D eigenvalue weighted by molar-refractivity contribution is 0.00561. The molecule has 0 radical (unpaired) electrons. The van der Waals surface area contributed by atoms with Gasteiger partial charge in [-0.05, 0) is 64.7 Å². The van der Waals surface area contributed by atoms with Crippen LogP contribution in [0, 0.1) is 11.6 Å². The number of piperazine rings is 1. The van der Waals surface area contributed by atoms with Gasteiger partial charge in [-0.1, -0.05) is 39.8 Å². The van der Waals surface area contributed by atoms with Crippen molar-refractivity contribution in [3.05, 3.63) is 70.2 Å². The highest BCUT2D eigenvalue weighted by Crippen LogP contribution is 2.35. The third-order valence-electron chi connectivity index (χ3n) is 7.95. The number of aromatic nitrogens is 5. The highest BCUT2D eigenvalue weighted by molar-refractivity contribution is 5.90. The number of hydrogen-bond acceptors (Lipinski definition) is 8. The van der Waals surface area contributed by atoms with E-state index in [0.717, 1.165) is 0 Å². The molecule has 5 rings (SSSR count). The minimum absolute atomic E-state index is 0.0371. The molecule has 4 aromatic rings. The van der Waals surface area contributed by atoms with Gasteiger partial charge in [0.2, 0.25) is 0 Å². The molecule has 244 valence electrons. The van der Waals surface area contributed by atoms with Crippen LogP contribution in [0.1, 0.15) is 85.5 Å². The van der Waals surface area contributed by atoms with E-state index in [9.17, 15) is 9.59 Å². The van der Waals surface area contributed by atoms with E-state index in [0.29, 0.717) is 30.2 Å². The third kappa shape index (κ3) is 6.17. The Hall–Kier alpha value is -4.48. The SMILES string of the molecule is CC(C)c1ncnc(C(C)C)c1-n1c(=O)nc(N2CC(C)N(C(=O)OC(C)(C)C)C(C)C2)c2cc(F)c(-c3ccccc3F)nc21. The first kappa shape index (κ1) is 32.9. The Labute approximate surface area is 267 Å². The lowest BCUT2D eigenvalue weighted by Gasteiger charge is -2.45. The fraction of sp³-hybridized carbons (Fsp3) is 0.471. The van der Waals surface area contributed by atoms with E-state index in [1.165, 1.54) is 35.2 Å². The minimum Gasteiger partial charge on any atom is -0.444 e. The first-order chi connectivity index (χ1) is 21.6. The average Bonchev–Trinajstić information content (AvgIpc) is 2.95. The molecule has 2 atom stereocenters. The maximum atomic E-state index is 16.0. The van der Waals surface area contributed by atoms with Gasteiger partial charge in [0, 0.05) is 18.7 Å². The lowest BCUT2D eigenvalue weighted by Crippen LogP contribution is -2.59. The number of hydrogen-bond donors (Lipinski definition) is 0. The molecule has 1 saturated heterocycles. The van der Waals surface area contributed by atoms with Crippen molar-refractivity contribution in [2.75, 3.05) is 18.0 Å². The molecule has 0 bridgehead atoms. The summed E-state index contributed by atoms with van der Waals surface area (Å²) in [4.78, 5) is 49.1. The molecule has 12 heteroatoms. The lowest BCUT2D eigenvalue weighted by atomic mass is 10.0. The Balaban J connectivity index is 1.77. The average molecular weight is 634 g/mol. The molecule has 0 N–H and O–H groups in total. The summed E-state index contributed by atoms with van der Waals surface area (Å²) in [6, 6.07) is 6.40. The smallest absolute Gasteiger partial charge is 0.410 e. The van der Waals surface area contributed by atoms with Gasteiger partial charge in [0.25, 0.3) is 0 Å². The van der Waals surface area contributed by atoms with Crippen LogP contribution in [0.2, 0.25) is 0 Å². The highest BCUT2D eigenvalue weighted by atomic mass is 19.1. The van der Waals surface area contributed by atoms with Crippen molar-refractivity contribution < 1.29 is 18.3 Å². The molecular formula is C34H41F2N7O3. The summed E-state index contributed by atoms with van der Waals surface area (Å²) >= 11 is 0. The van der Waals surface area contributed by atoms with Gasteiger partial charge < -0.3 is 9.64 Å². The van der Waals surface area contributed by atoms with Gasteiger partial charge in [-0.2, -0.15) is 4.98 Å². The zero-order valence-electron chi connectivity index (χ0n) is 27.8. The van der Waals surface area contributed by atoms with Crippen LogP contribution < -0.4 is 10.6 Å². The van der Waals surface area contributed by atoms with Crippen LogP contribution in [0.25, 0.3) is 28.0 Å². The molecule has 1 aliphatic rings. The predicted octanol–water partition coefficient (Wildman–Crippen LogP) is 6.60. The largest absolute Gasteiger partial charge is 0.444 e. The Morgan fingerprint density at radius 3 is 2.07 bits per heavy atom. The Kier molecular flexibility index (Phi) is 8.85. The number of nitrogens with zero attached hydrogens (tertiary/aromatic N) is 7. The minimum atomic E-state index is -0.767. The molecule has 1 aliphatic heterocycles. The number of pyridine rings is 1. The monoisotopic (exact) mass is 633 g/mol. The van der Waals surface area contributed by atoms with Crippen molar-refractivity contribution >= 4 is 22.9 Å². The molecule has 4 heterocycles. The van der Waals surface area contributed by atoms with Crippen molar-refractivity contribution in [1.29, 1.82) is 0 Å². The van der Waals surface area contributed by atoms with Crippen LogP contribution >= 0.6 is 0 Å². The topological polar surface area (TPSA) is 106 Å². The van der Waals surface area contributed by atoms with Crippen molar-refractivity contribution in [3.63, 3.8) is 0 Å². The molecule has 1 aromatic carbocycles. The first-order valence-corrected chi connectivity index (χ1v) is 15.6. The third-order valence-corrected chi connectivity index (χ3v) is 7.95. The van der Waals surface area contributed by atoms with Gasteiger partial charge in [0.15, 0.2) is 5.65 Å². The van der Waals surface area contributed by atoms with Gasteiger partial charge >= 0.3 is 11.8 Å². The summed E-state index contributed by atoms with van der Waals surface area (Å²) in [5.74, 6) is -1.40. The molecule has 1 amide bonds. The predicted molar refractivity (Wildman–Crippen MR) is 173 cm³/mol. The summed E-state index contributed by atoms with van der Waals surface area (Å²) in [5.41, 5.74) is 0.132. The van der Waals surface area contributed by atoms with Crippen LogP contribution in [0.5, 0.6) is 0 Å². The van der Waals surface area contributed by atoms with Gasteiger partial charge in [-0.3, -0.25) is 4.90 Å². The number of ether oxygens (including phenoxy) is 1. The fourth-order valence-corrected chi connectivity index (χ4v) is 6.04. The Bertz CT molecular complexity index is 1810. The number of anilines is 1. The van der Waals surface area contributed by atoms with Crippen molar-refractivity contribution in [2.45, 2.75) is 91.8 Å². The summed E-state index contributed by atoms with van der Waals surface area (Å²) < 4.78 is 38.0. The standard InChI is InChI=1S/C34H41F2N7O3/c1-18(2)26-29(27(19(3)4)38-17-37-26)43-31-23(14-25(36)28(39-31)22-12-10-11-13-24(22)35)30(40-32(43)44)41-15-20(5)42(21(6)16-41)33(45)46-34(7,8)9/h10-14,17-21H,15-16H2,1-9H3. The summed E-state index contributed by atoms with van der Waals surface area (Å²) in [7, 11) is 0. The van der Waals surface area contributed by atoms with Crippen molar-refractivity contribution in [3.8, 4) is 16.9 Å². The van der Waals surface area contributed by atoms with Crippen LogP contribution in [-0.4, -0.2) is 66.3 Å². The fourth-order valence-electron chi connectivity index (χ4n) is 6.04. The van der Waals surface area contributed by atoms with Crippen molar-refractivity contribution in [2.24, 2.45) is 0 Å². The number of fused-ring (bicyclic) bond motifs is 1. The molecule has 2 unspecified atom stereocenters. The van der Waals surface area contributed by atoms with E-state index in [1.807, 2.05) is 67.2 Å². The summed E-state index contributed by atoms with van der Waals surface area (Å²) in [6.07, 6.45) is 1.03. The number of halogens is 2. The second-order valence-electron chi connectivity index (χ2n) is 13.5. The van der Waals surface area contributed by atoms with Crippen LogP contribution in [0.15, 0.2) is 41.5 Å². The van der Waals surface area contributed by atoms with E-state index >= 15 is 8.78 Å². The number of rotatable bonds is 5. The normalized spacial score (nSPS) is 17.3. The number of carbonyl (C=O) groups is 1.